The molecule has 0 spiro atoms. The summed E-state index contributed by atoms with van der Waals surface area (Å²) in [6.07, 6.45) is 0.615. The normalized spacial score (nSPS) is 13.1. The van der Waals surface area contributed by atoms with Gasteiger partial charge in [0, 0.05) is 6.04 Å². The minimum Gasteiger partial charge on any atom is -0.443 e. The molecule has 0 saturated carbocycles. The molecule has 0 aliphatic heterocycles. The summed E-state index contributed by atoms with van der Waals surface area (Å²) >= 11 is 0. The van der Waals surface area contributed by atoms with Crippen LogP contribution >= 0.6 is 0 Å². The van der Waals surface area contributed by atoms with Gasteiger partial charge in [-0.25, -0.2) is 10.2 Å². The summed E-state index contributed by atoms with van der Waals surface area (Å²) in [6.45, 7) is 11.9. The lowest BCUT2D eigenvalue weighted by molar-refractivity contribution is 0.0489. The first-order valence-electron chi connectivity index (χ1n) is 7.50. The van der Waals surface area contributed by atoms with Crippen molar-refractivity contribution in [3.05, 3.63) is 35.4 Å². The van der Waals surface area contributed by atoms with Crippen molar-refractivity contribution < 1.29 is 9.53 Å². The topological polar surface area (TPSA) is 50.4 Å². The van der Waals surface area contributed by atoms with E-state index in [1.54, 1.807) is 0 Å². The molecular weight excluding hydrogens is 264 g/mol. The lowest BCUT2D eigenvalue weighted by atomic mass is 10.00. The van der Waals surface area contributed by atoms with E-state index in [1.165, 1.54) is 5.56 Å². The Morgan fingerprint density at radius 1 is 1.14 bits per heavy atom. The first-order chi connectivity index (χ1) is 9.67. The Hall–Kier alpha value is -1.55. The van der Waals surface area contributed by atoms with Gasteiger partial charge < -0.3 is 4.74 Å². The first-order valence-corrected chi connectivity index (χ1v) is 7.50. The Morgan fingerprint density at radius 3 is 2.19 bits per heavy atom. The van der Waals surface area contributed by atoms with Crippen LogP contribution in [-0.2, 0) is 11.2 Å². The highest BCUT2D eigenvalue weighted by Gasteiger charge is 2.16. The third kappa shape index (κ3) is 7.14. The third-order valence-electron chi connectivity index (χ3n) is 2.91. The van der Waals surface area contributed by atoms with Crippen LogP contribution in [0.25, 0.3) is 0 Å². The third-order valence-corrected chi connectivity index (χ3v) is 2.91. The molecule has 1 amide bonds. The fourth-order valence-electron chi connectivity index (χ4n) is 1.97. The molecule has 0 bridgehead atoms. The van der Waals surface area contributed by atoms with E-state index in [9.17, 15) is 4.79 Å². The van der Waals surface area contributed by atoms with Crippen molar-refractivity contribution in [3.63, 3.8) is 0 Å². The molecule has 0 aliphatic carbocycles. The second-order valence-electron chi connectivity index (χ2n) is 6.83. The van der Waals surface area contributed by atoms with Crippen LogP contribution < -0.4 is 10.9 Å². The summed E-state index contributed by atoms with van der Waals surface area (Å²) < 4.78 is 5.17. The molecule has 1 aromatic rings. The molecule has 0 radical (unpaired) electrons. The minimum absolute atomic E-state index is 0.0191. The second-order valence-corrected chi connectivity index (χ2v) is 6.83. The van der Waals surface area contributed by atoms with Crippen LogP contribution in [0.1, 0.15) is 58.7 Å². The van der Waals surface area contributed by atoms with Crippen LogP contribution in [0.15, 0.2) is 24.3 Å². The van der Waals surface area contributed by atoms with Crippen molar-refractivity contribution >= 4 is 6.09 Å². The molecule has 21 heavy (non-hydrogen) atoms. The predicted molar refractivity (Wildman–Crippen MR) is 85.9 cm³/mol. The van der Waals surface area contributed by atoms with Gasteiger partial charge in [-0.2, -0.15) is 0 Å². The lowest BCUT2D eigenvalue weighted by Crippen LogP contribution is -2.42. The number of carbonyl (C=O) groups is 1. The molecule has 1 atom stereocenters. The number of amides is 1. The fraction of sp³-hybridized carbons (Fsp3) is 0.588. The van der Waals surface area contributed by atoms with Crippen molar-refractivity contribution in [2.45, 2.75) is 59.6 Å². The van der Waals surface area contributed by atoms with Crippen LogP contribution in [0.2, 0.25) is 0 Å². The first kappa shape index (κ1) is 17.5. The second kappa shape index (κ2) is 7.46. The number of hydrazine groups is 1. The van der Waals surface area contributed by atoms with E-state index >= 15 is 0 Å². The SMILES string of the molecule is CC(C)Cc1ccc(C(C)NNC(=O)OC(C)(C)C)cc1. The van der Waals surface area contributed by atoms with E-state index in [2.05, 4.69) is 49.0 Å². The quantitative estimate of drug-likeness (QED) is 0.807. The zero-order valence-electron chi connectivity index (χ0n) is 14.0. The van der Waals surface area contributed by atoms with Crippen LogP contribution in [0.4, 0.5) is 4.79 Å². The molecule has 0 fully saturated rings. The van der Waals surface area contributed by atoms with Gasteiger partial charge >= 0.3 is 6.09 Å². The summed E-state index contributed by atoms with van der Waals surface area (Å²) in [5.41, 5.74) is 7.50. The molecule has 0 aromatic heterocycles. The molecule has 118 valence electrons. The average Bonchev–Trinajstić information content (AvgIpc) is 2.34. The Morgan fingerprint density at radius 2 is 1.71 bits per heavy atom. The molecule has 2 N–H and O–H groups in total. The molecule has 1 rings (SSSR count). The number of nitrogens with one attached hydrogen (secondary N) is 2. The van der Waals surface area contributed by atoms with Gasteiger partial charge in [0.05, 0.1) is 0 Å². The molecule has 1 aromatic carbocycles. The number of hydrogen-bond donors (Lipinski definition) is 2. The van der Waals surface area contributed by atoms with E-state index in [-0.39, 0.29) is 6.04 Å². The van der Waals surface area contributed by atoms with Crippen LogP contribution in [0.3, 0.4) is 0 Å². The highest BCUT2D eigenvalue weighted by atomic mass is 16.6. The van der Waals surface area contributed by atoms with E-state index < -0.39 is 11.7 Å². The van der Waals surface area contributed by atoms with Crippen LogP contribution in [0.5, 0.6) is 0 Å². The van der Waals surface area contributed by atoms with E-state index in [0.29, 0.717) is 5.92 Å². The summed E-state index contributed by atoms with van der Waals surface area (Å²) in [5, 5.41) is 0. The summed E-state index contributed by atoms with van der Waals surface area (Å²) in [4.78, 5) is 11.6. The molecular formula is C17H28N2O2. The molecule has 4 heteroatoms. The standard InChI is InChI=1S/C17H28N2O2/c1-12(2)11-14-7-9-15(10-8-14)13(3)18-19-16(20)21-17(4,5)6/h7-10,12-13,18H,11H2,1-6H3,(H,19,20). The maximum absolute atomic E-state index is 11.6. The van der Waals surface area contributed by atoms with Crippen molar-refractivity contribution in [1.29, 1.82) is 0 Å². The molecule has 0 aliphatic rings. The smallest absolute Gasteiger partial charge is 0.422 e. The van der Waals surface area contributed by atoms with Gasteiger partial charge in [-0.3, -0.25) is 5.43 Å². The Bertz CT molecular complexity index is 447. The van der Waals surface area contributed by atoms with E-state index in [1.807, 2.05) is 27.7 Å². The maximum atomic E-state index is 11.6. The summed E-state index contributed by atoms with van der Waals surface area (Å²) in [6, 6.07) is 8.48. The highest BCUT2D eigenvalue weighted by Crippen LogP contribution is 2.15. The summed E-state index contributed by atoms with van der Waals surface area (Å²) in [7, 11) is 0. The number of benzene rings is 1. The predicted octanol–water partition coefficient (Wildman–Crippen LogP) is 3.98. The van der Waals surface area contributed by atoms with Gasteiger partial charge in [0.2, 0.25) is 0 Å². The molecule has 0 saturated heterocycles. The Balaban J connectivity index is 2.48. The van der Waals surface area contributed by atoms with Crippen molar-refractivity contribution in [3.8, 4) is 0 Å². The zero-order valence-corrected chi connectivity index (χ0v) is 14.0. The minimum atomic E-state index is -0.493. The van der Waals surface area contributed by atoms with Gasteiger partial charge in [0.1, 0.15) is 5.60 Å². The lowest BCUT2D eigenvalue weighted by Gasteiger charge is -2.21. The molecule has 1 unspecified atom stereocenters. The number of carbonyl (C=O) groups excluding carboxylic acids is 1. The maximum Gasteiger partial charge on any atom is 0.422 e. The van der Waals surface area contributed by atoms with E-state index in [0.717, 1.165) is 12.0 Å². The molecule has 4 nitrogen and oxygen atoms in total. The number of hydrogen-bond acceptors (Lipinski definition) is 3. The Labute approximate surface area is 128 Å². The highest BCUT2D eigenvalue weighted by molar-refractivity contribution is 5.67. The van der Waals surface area contributed by atoms with Crippen molar-refractivity contribution in [1.82, 2.24) is 10.9 Å². The largest absolute Gasteiger partial charge is 0.443 e. The average molecular weight is 292 g/mol. The summed E-state index contributed by atoms with van der Waals surface area (Å²) in [5.74, 6) is 0.653. The van der Waals surface area contributed by atoms with Crippen LogP contribution in [0, 0.1) is 5.92 Å². The molecule has 0 heterocycles. The number of ether oxygens (including phenoxy) is 1. The van der Waals surface area contributed by atoms with Crippen molar-refractivity contribution in [2.24, 2.45) is 5.92 Å². The Kier molecular flexibility index (Phi) is 6.21. The number of rotatable bonds is 5. The van der Waals surface area contributed by atoms with Gasteiger partial charge in [0.25, 0.3) is 0 Å². The van der Waals surface area contributed by atoms with Gasteiger partial charge in [-0.15, -0.1) is 0 Å². The fourth-order valence-corrected chi connectivity index (χ4v) is 1.97. The monoisotopic (exact) mass is 292 g/mol. The van der Waals surface area contributed by atoms with Crippen molar-refractivity contribution in [2.75, 3.05) is 0 Å². The van der Waals surface area contributed by atoms with Gasteiger partial charge in [-0.05, 0) is 51.2 Å². The zero-order chi connectivity index (χ0) is 16.0. The van der Waals surface area contributed by atoms with Gasteiger partial charge in [-0.1, -0.05) is 38.1 Å². The van der Waals surface area contributed by atoms with E-state index in [4.69, 9.17) is 4.74 Å². The van der Waals surface area contributed by atoms with Gasteiger partial charge in [0.15, 0.2) is 0 Å². The van der Waals surface area contributed by atoms with Crippen LogP contribution in [-0.4, -0.2) is 11.7 Å².